The Hall–Kier alpha value is -0.120. The zero-order valence-corrected chi connectivity index (χ0v) is 10.7. The summed E-state index contributed by atoms with van der Waals surface area (Å²) in [7, 11) is 0. The van der Waals surface area contributed by atoms with E-state index in [0.717, 1.165) is 19.6 Å². The topological polar surface area (TPSA) is 24.5 Å². The maximum atomic E-state index is 5.84. The predicted molar refractivity (Wildman–Crippen MR) is 66.7 cm³/mol. The van der Waals surface area contributed by atoms with Gasteiger partial charge in [-0.1, -0.05) is 6.92 Å². The van der Waals surface area contributed by atoms with E-state index in [1.54, 1.807) is 0 Å². The molecule has 3 unspecified atom stereocenters. The highest BCUT2D eigenvalue weighted by molar-refractivity contribution is 4.85. The van der Waals surface area contributed by atoms with Crippen LogP contribution in [0.3, 0.4) is 0 Å². The maximum Gasteiger partial charge on any atom is 0.0707 e. The summed E-state index contributed by atoms with van der Waals surface area (Å²) < 4.78 is 5.84. The van der Waals surface area contributed by atoms with Crippen molar-refractivity contribution in [2.75, 3.05) is 26.2 Å². The molecular weight excluding hydrogens is 200 g/mol. The number of morpholine rings is 1. The van der Waals surface area contributed by atoms with Crippen LogP contribution in [0.2, 0.25) is 0 Å². The summed E-state index contributed by atoms with van der Waals surface area (Å²) in [5.41, 5.74) is 0. The summed E-state index contributed by atoms with van der Waals surface area (Å²) >= 11 is 0. The third-order valence-electron chi connectivity index (χ3n) is 3.74. The van der Waals surface area contributed by atoms with Crippen LogP contribution >= 0.6 is 0 Å². The molecule has 2 saturated heterocycles. The van der Waals surface area contributed by atoms with Crippen molar-refractivity contribution in [2.45, 2.75) is 57.8 Å². The van der Waals surface area contributed by atoms with Crippen molar-refractivity contribution < 1.29 is 4.74 Å². The average molecular weight is 226 g/mol. The monoisotopic (exact) mass is 226 g/mol. The molecule has 0 radical (unpaired) electrons. The molecule has 0 aromatic heterocycles. The second-order valence-corrected chi connectivity index (χ2v) is 5.36. The van der Waals surface area contributed by atoms with Gasteiger partial charge in [-0.2, -0.15) is 0 Å². The summed E-state index contributed by atoms with van der Waals surface area (Å²) in [6.45, 7) is 9.22. The van der Waals surface area contributed by atoms with E-state index in [1.807, 2.05) is 0 Å². The van der Waals surface area contributed by atoms with E-state index in [2.05, 4.69) is 24.1 Å². The number of nitrogens with one attached hydrogen (secondary N) is 1. The molecule has 0 saturated carbocycles. The van der Waals surface area contributed by atoms with Crippen molar-refractivity contribution in [1.82, 2.24) is 10.2 Å². The van der Waals surface area contributed by atoms with Gasteiger partial charge in [0.15, 0.2) is 0 Å². The molecule has 0 aromatic rings. The molecule has 0 aliphatic carbocycles. The molecule has 94 valence electrons. The normalized spacial score (nSPS) is 31.9. The Morgan fingerprint density at radius 2 is 2.00 bits per heavy atom. The Balaban J connectivity index is 1.62. The smallest absolute Gasteiger partial charge is 0.0707 e. The van der Waals surface area contributed by atoms with Gasteiger partial charge in [0.05, 0.1) is 12.2 Å². The average Bonchev–Trinajstić information content (AvgIpc) is 2.63. The molecule has 1 N–H and O–H groups in total. The van der Waals surface area contributed by atoms with Crippen molar-refractivity contribution in [1.29, 1.82) is 0 Å². The Kier molecular flexibility index (Phi) is 4.62. The van der Waals surface area contributed by atoms with Crippen molar-refractivity contribution in [3.8, 4) is 0 Å². The van der Waals surface area contributed by atoms with Gasteiger partial charge in [-0.15, -0.1) is 0 Å². The fourth-order valence-electron chi connectivity index (χ4n) is 2.75. The molecule has 2 bridgehead atoms. The second-order valence-electron chi connectivity index (χ2n) is 5.36. The van der Waals surface area contributed by atoms with Crippen molar-refractivity contribution >= 4 is 0 Å². The van der Waals surface area contributed by atoms with Crippen LogP contribution in [0.15, 0.2) is 0 Å². The third-order valence-corrected chi connectivity index (χ3v) is 3.74. The van der Waals surface area contributed by atoms with Gasteiger partial charge < -0.3 is 10.1 Å². The van der Waals surface area contributed by atoms with Gasteiger partial charge in [-0.05, 0) is 45.7 Å². The summed E-state index contributed by atoms with van der Waals surface area (Å²) in [6, 6.07) is 0.653. The van der Waals surface area contributed by atoms with Gasteiger partial charge in [-0.3, -0.25) is 4.90 Å². The minimum absolute atomic E-state index is 0.539. The first-order chi connectivity index (χ1) is 7.78. The molecule has 3 atom stereocenters. The summed E-state index contributed by atoms with van der Waals surface area (Å²) in [6.07, 6.45) is 6.14. The van der Waals surface area contributed by atoms with Crippen LogP contribution in [-0.2, 0) is 4.74 Å². The lowest BCUT2D eigenvalue weighted by Crippen LogP contribution is -2.44. The summed E-state index contributed by atoms with van der Waals surface area (Å²) in [5.74, 6) is 0. The number of likely N-dealkylation sites (tertiary alicyclic amines) is 1. The van der Waals surface area contributed by atoms with Crippen LogP contribution in [0.4, 0.5) is 0 Å². The molecule has 3 heteroatoms. The third kappa shape index (κ3) is 3.44. The molecule has 0 spiro atoms. The highest BCUT2D eigenvalue weighted by atomic mass is 16.5. The number of ether oxygens (including phenoxy) is 1. The summed E-state index contributed by atoms with van der Waals surface area (Å²) in [4.78, 5) is 2.59. The van der Waals surface area contributed by atoms with E-state index in [4.69, 9.17) is 4.74 Å². The lowest BCUT2D eigenvalue weighted by molar-refractivity contribution is -0.0389. The molecule has 16 heavy (non-hydrogen) atoms. The van der Waals surface area contributed by atoms with Crippen LogP contribution in [0, 0.1) is 0 Å². The van der Waals surface area contributed by atoms with E-state index in [1.165, 1.54) is 32.2 Å². The van der Waals surface area contributed by atoms with Gasteiger partial charge in [0.2, 0.25) is 0 Å². The minimum atomic E-state index is 0.539. The lowest BCUT2D eigenvalue weighted by atomic mass is 10.2. The standard InChI is InChI=1S/C13H26N2O/c1-3-7-14-11(2)6-8-15-9-12-4-5-13(10-15)16-12/h11-14H,3-10H2,1-2H3. The molecule has 2 fully saturated rings. The molecule has 0 aromatic carbocycles. The molecule has 3 nitrogen and oxygen atoms in total. The minimum Gasteiger partial charge on any atom is -0.372 e. The van der Waals surface area contributed by atoms with Crippen LogP contribution in [0.5, 0.6) is 0 Å². The molecule has 2 aliphatic heterocycles. The van der Waals surface area contributed by atoms with Gasteiger partial charge in [-0.25, -0.2) is 0 Å². The number of nitrogens with zero attached hydrogens (tertiary/aromatic N) is 1. The van der Waals surface area contributed by atoms with Crippen LogP contribution in [0.25, 0.3) is 0 Å². The van der Waals surface area contributed by atoms with E-state index in [9.17, 15) is 0 Å². The van der Waals surface area contributed by atoms with E-state index >= 15 is 0 Å². The number of hydrogen-bond acceptors (Lipinski definition) is 3. The predicted octanol–water partition coefficient (Wildman–Crippen LogP) is 1.63. The quantitative estimate of drug-likeness (QED) is 0.745. The Bertz CT molecular complexity index is 198. The van der Waals surface area contributed by atoms with E-state index in [-0.39, 0.29) is 0 Å². The Morgan fingerprint density at radius 1 is 1.31 bits per heavy atom. The largest absolute Gasteiger partial charge is 0.372 e. The van der Waals surface area contributed by atoms with Crippen molar-refractivity contribution in [2.24, 2.45) is 0 Å². The zero-order valence-electron chi connectivity index (χ0n) is 10.7. The van der Waals surface area contributed by atoms with Crippen molar-refractivity contribution in [3.05, 3.63) is 0 Å². The second kappa shape index (κ2) is 5.99. The van der Waals surface area contributed by atoms with Gasteiger partial charge >= 0.3 is 0 Å². The fourth-order valence-corrected chi connectivity index (χ4v) is 2.75. The molecule has 0 amide bonds. The highest BCUT2D eigenvalue weighted by Crippen LogP contribution is 2.26. The van der Waals surface area contributed by atoms with Crippen molar-refractivity contribution in [3.63, 3.8) is 0 Å². The van der Waals surface area contributed by atoms with E-state index in [0.29, 0.717) is 18.2 Å². The SMILES string of the molecule is CCCNC(C)CCN1CC2CCC(C1)O2. The Labute approximate surface area is 99.5 Å². The lowest BCUT2D eigenvalue weighted by Gasteiger charge is -2.32. The van der Waals surface area contributed by atoms with E-state index < -0.39 is 0 Å². The first-order valence-corrected chi connectivity index (χ1v) is 6.89. The number of rotatable bonds is 6. The van der Waals surface area contributed by atoms with Crippen LogP contribution in [-0.4, -0.2) is 49.3 Å². The highest BCUT2D eigenvalue weighted by Gasteiger charge is 2.33. The van der Waals surface area contributed by atoms with Gasteiger partial charge in [0.1, 0.15) is 0 Å². The molecular formula is C13H26N2O. The Morgan fingerprint density at radius 3 is 2.62 bits per heavy atom. The summed E-state index contributed by atoms with van der Waals surface area (Å²) in [5, 5.41) is 3.55. The van der Waals surface area contributed by atoms with Gasteiger partial charge in [0.25, 0.3) is 0 Å². The van der Waals surface area contributed by atoms with Crippen LogP contribution < -0.4 is 5.32 Å². The van der Waals surface area contributed by atoms with Crippen LogP contribution in [0.1, 0.15) is 39.5 Å². The molecule has 2 aliphatic rings. The molecule has 2 heterocycles. The zero-order chi connectivity index (χ0) is 11.4. The number of hydrogen-bond donors (Lipinski definition) is 1. The number of fused-ring (bicyclic) bond motifs is 2. The first-order valence-electron chi connectivity index (χ1n) is 6.89. The van der Waals surface area contributed by atoms with Gasteiger partial charge in [0, 0.05) is 19.1 Å². The first kappa shape index (κ1) is 12.3. The maximum absolute atomic E-state index is 5.84. The molecule has 2 rings (SSSR count). The fraction of sp³-hybridized carbons (Fsp3) is 1.00.